The number of nitrogens with zero attached hydrogens (tertiary/aromatic N) is 2. The van der Waals surface area contributed by atoms with Gasteiger partial charge in [0, 0.05) is 23.1 Å². The first-order valence-electron chi connectivity index (χ1n) is 5.82. The zero-order valence-electron chi connectivity index (χ0n) is 10.1. The lowest BCUT2D eigenvalue weighted by molar-refractivity contribution is -0.384. The quantitative estimate of drug-likeness (QED) is 0.463. The zero-order chi connectivity index (χ0) is 14.5. The molecule has 0 spiro atoms. The predicted molar refractivity (Wildman–Crippen MR) is 82.0 cm³/mol. The minimum Gasteiger partial charge on any atom is -0.322 e. The molecule has 106 valence electrons. The van der Waals surface area contributed by atoms with Crippen molar-refractivity contribution < 1.29 is 13.3 Å². The Kier molecular flexibility index (Phi) is 3.22. The Balaban J connectivity index is 1.99. The van der Waals surface area contributed by atoms with Crippen molar-refractivity contribution in [3.05, 3.63) is 34.4 Å². The van der Waals surface area contributed by atoms with E-state index in [4.69, 9.17) is 12.2 Å². The molecule has 2 aliphatic heterocycles. The molecular weight excluding hydrogens is 320 g/mol. The molecular formula is C11H10N2O4S3. The Bertz CT molecular complexity index is 703. The number of hydrogen-bond acceptors (Lipinski definition) is 6. The summed E-state index contributed by atoms with van der Waals surface area (Å²) in [7, 11) is -3.05. The number of thiocarbonyl (C=S) groups is 1. The van der Waals surface area contributed by atoms with Crippen LogP contribution in [0.3, 0.4) is 0 Å². The Morgan fingerprint density at radius 2 is 2.15 bits per heavy atom. The first-order valence-corrected chi connectivity index (χ1v) is 8.93. The van der Waals surface area contributed by atoms with Crippen LogP contribution >= 0.6 is 24.0 Å². The predicted octanol–water partition coefficient (Wildman–Crippen LogP) is 1.60. The molecule has 0 bridgehead atoms. The van der Waals surface area contributed by atoms with Gasteiger partial charge in [0.05, 0.1) is 22.5 Å². The molecule has 20 heavy (non-hydrogen) atoms. The van der Waals surface area contributed by atoms with E-state index in [0.29, 0.717) is 10.0 Å². The van der Waals surface area contributed by atoms with Gasteiger partial charge in [0.1, 0.15) is 4.32 Å². The maximum absolute atomic E-state index is 11.7. The van der Waals surface area contributed by atoms with Gasteiger partial charge in [-0.1, -0.05) is 30.0 Å². The van der Waals surface area contributed by atoms with Crippen molar-refractivity contribution in [2.75, 3.05) is 16.4 Å². The second kappa shape index (κ2) is 4.68. The van der Waals surface area contributed by atoms with Gasteiger partial charge in [0.25, 0.3) is 5.69 Å². The summed E-state index contributed by atoms with van der Waals surface area (Å²) in [5.74, 6) is 0.168. The molecule has 0 aliphatic carbocycles. The van der Waals surface area contributed by atoms with E-state index < -0.39 is 14.8 Å². The molecule has 2 aliphatic rings. The van der Waals surface area contributed by atoms with Crippen molar-refractivity contribution in [2.45, 2.75) is 11.3 Å². The fraction of sp³-hybridized carbons (Fsp3) is 0.364. The van der Waals surface area contributed by atoms with Gasteiger partial charge < -0.3 is 4.90 Å². The van der Waals surface area contributed by atoms with Gasteiger partial charge in [-0.25, -0.2) is 8.42 Å². The largest absolute Gasteiger partial charge is 0.322 e. The number of nitro benzene ring substituents is 1. The molecule has 0 saturated carbocycles. The Morgan fingerprint density at radius 1 is 1.40 bits per heavy atom. The van der Waals surface area contributed by atoms with Crippen molar-refractivity contribution in [3.8, 4) is 0 Å². The number of fused-ring (bicyclic) bond motifs is 1. The summed E-state index contributed by atoms with van der Waals surface area (Å²) >= 11 is 6.65. The molecule has 6 nitrogen and oxygen atoms in total. The third-order valence-corrected chi connectivity index (χ3v) is 6.97. The summed E-state index contributed by atoms with van der Waals surface area (Å²) in [5.41, 5.74) is 0.556. The molecule has 0 N–H and O–H groups in total. The molecule has 1 aromatic rings. The average molecular weight is 330 g/mol. The average Bonchev–Trinajstić information content (AvgIpc) is 2.79. The molecule has 0 radical (unpaired) electrons. The molecule has 3 rings (SSSR count). The maximum atomic E-state index is 11.7. The van der Waals surface area contributed by atoms with Crippen LogP contribution < -0.4 is 4.90 Å². The maximum Gasteiger partial charge on any atom is 0.271 e. The van der Waals surface area contributed by atoms with Crippen LogP contribution in [0.15, 0.2) is 24.3 Å². The van der Waals surface area contributed by atoms with Crippen LogP contribution in [0.2, 0.25) is 0 Å². The summed E-state index contributed by atoms with van der Waals surface area (Å²) in [6.45, 7) is 0. The molecule has 2 saturated heterocycles. The lowest BCUT2D eigenvalue weighted by Gasteiger charge is -2.23. The smallest absolute Gasteiger partial charge is 0.271 e. The van der Waals surface area contributed by atoms with E-state index >= 15 is 0 Å². The van der Waals surface area contributed by atoms with Gasteiger partial charge in [0.15, 0.2) is 9.84 Å². The lowest BCUT2D eigenvalue weighted by Crippen LogP contribution is -2.36. The van der Waals surface area contributed by atoms with Crippen LogP contribution in [0, 0.1) is 10.1 Å². The van der Waals surface area contributed by atoms with Crippen LogP contribution in [0.4, 0.5) is 11.4 Å². The molecule has 2 unspecified atom stereocenters. The van der Waals surface area contributed by atoms with Gasteiger partial charge in [0.2, 0.25) is 0 Å². The van der Waals surface area contributed by atoms with Crippen molar-refractivity contribution in [1.82, 2.24) is 0 Å². The van der Waals surface area contributed by atoms with Crippen LogP contribution in [-0.4, -0.2) is 40.5 Å². The van der Waals surface area contributed by atoms with Gasteiger partial charge in [-0.15, -0.1) is 0 Å². The second-order valence-corrected chi connectivity index (χ2v) is 8.74. The summed E-state index contributed by atoms with van der Waals surface area (Å²) in [6.07, 6.45) is 0. The second-order valence-electron chi connectivity index (χ2n) is 4.71. The van der Waals surface area contributed by atoms with Gasteiger partial charge in [-0.2, -0.15) is 0 Å². The number of nitro groups is 1. The van der Waals surface area contributed by atoms with E-state index in [2.05, 4.69) is 0 Å². The minimum absolute atomic E-state index is 0.0281. The summed E-state index contributed by atoms with van der Waals surface area (Å²) in [6, 6.07) is 5.91. The SMILES string of the molecule is O=[N+]([O-])c1cccc(N2C(=S)SC3CS(=O)(=O)CC32)c1. The van der Waals surface area contributed by atoms with Crippen LogP contribution in [-0.2, 0) is 9.84 Å². The number of thioether (sulfide) groups is 1. The van der Waals surface area contributed by atoms with Crippen molar-refractivity contribution in [2.24, 2.45) is 0 Å². The summed E-state index contributed by atoms with van der Waals surface area (Å²) in [5, 5.41) is 10.8. The summed E-state index contributed by atoms with van der Waals surface area (Å²) < 4.78 is 24.0. The molecule has 1 aromatic carbocycles. The van der Waals surface area contributed by atoms with E-state index in [-0.39, 0.29) is 28.5 Å². The fourth-order valence-electron chi connectivity index (χ4n) is 2.53. The first kappa shape index (κ1) is 13.8. The number of hydrogen-bond donors (Lipinski definition) is 0. The molecule has 0 amide bonds. The number of sulfone groups is 1. The standard InChI is InChI=1S/C11H10N2O4S3/c14-13(15)8-3-1-2-7(4-8)12-9-5-20(16,17)6-10(9)19-11(12)18/h1-4,9-10H,5-6H2. The van der Waals surface area contributed by atoms with Gasteiger partial charge in [-0.05, 0) is 6.07 Å². The third kappa shape index (κ3) is 2.29. The van der Waals surface area contributed by atoms with Crippen LogP contribution in [0.5, 0.6) is 0 Å². The highest BCUT2D eigenvalue weighted by atomic mass is 32.2. The monoisotopic (exact) mass is 330 g/mol. The Labute approximate surface area is 125 Å². The highest BCUT2D eigenvalue weighted by Gasteiger charge is 2.48. The van der Waals surface area contributed by atoms with E-state index in [1.165, 1.54) is 23.9 Å². The molecule has 9 heteroatoms. The number of anilines is 1. The van der Waals surface area contributed by atoms with Crippen LogP contribution in [0.25, 0.3) is 0 Å². The first-order chi connectivity index (χ1) is 9.37. The van der Waals surface area contributed by atoms with Gasteiger partial charge in [-0.3, -0.25) is 10.1 Å². The molecule has 2 atom stereocenters. The minimum atomic E-state index is -3.05. The zero-order valence-corrected chi connectivity index (χ0v) is 12.6. The lowest BCUT2D eigenvalue weighted by atomic mass is 10.2. The van der Waals surface area contributed by atoms with Gasteiger partial charge >= 0.3 is 0 Å². The Morgan fingerprint density at radius 3 is 2.85 bits per heavy atom. The van der Waals surface area contributed by atoms with Crippen LogP contribution in [0.1, 0.15) is 0 Å². The van der Waals surface area contributed by atoms with Crippen molar-refractivity contribution in [3.63, 3.8) is 0 Å². The fourth-order valence-corrected chi connectivity index (χ4v) is 6.90. The topological polar surface area (TPSA) is 80.5 Å². The van der Waals surface area contributed by atoms with E-state index in [9.17, 15) is 18.5 Å². The van der Waals surface area contributed by atoms with E-state index in [1.807, 2.05) is 0 Å². The van der Waals surface area contributed by atoms with Crippen molar-refractivity contribution >= 4 is 49.5 Å². The highest BCUT2D eigenvalue weighted by molar-refractivity contribution is 8.24. The molecule has 2 fully saturated rings. The third-order valence-electron chi connectivity index (χ3n) is 3.37. The number of benzene rings is 1. The summed E-state index contributed by atoms with van der Waals surface area (Å²) in [4.78, 5) is 12.1. The molecule has 0 aromatic heterocycles. The Hall–Kier alpha value is -1.19. The normalized spacial score (nSPS) is 27.6. The number of rotatable bonds is 2. The van der Waals surface area contributed by atoms with E-state index in [1.54, 1.807) is 17.0 Å². The van der Waals surface area contributed by atoms with Crippen molar-refractivity contribution in [1.29, 1.82) is 0 Å². The van der Waals surface area contributed by atoms with E-state index in [0.717, 1.165) is 0 Å². The number of non-ortho nitro benzene ring substituents is 1. The molecule has 2 heterocycles. The highest BCUT2D eigenvalue weighted by Crippen LogP contribution is 2.41.